The lowest BCUT2D eigenvalue weighted by molar-refractivity contribution is -0.250. The fraction of sp³-hybridized carbons (Fsp3) is 0.833. The molecule has 0 N–H and O–H groups in total. The van der Waals surface area contributed by atoms with E-state index < -0.39 is 0 Å². The second kappa shape index (κ2) is 3.35. The van der Waals surface area contributed by atoms with Crippen LogP contribution in [0.5, 0.6) is 0 Å². The Balaban J connectivity index is 2.16. The molecule has 2 rings (SSSR count). The van der Waals surface area contributed by atoms with Crippen LogP contribution in [0.2, 0.25) is 0 Å². The average molecular weight is 196 g/mol. The Labute approximate surface area is 86.3 Å². The quantitative estimate of drug-likeness (QED) is 0.555. The highest BCUT2D eigenvalue weighted by atomic mass is 16.7. The summed E-state index contributed by atoms with van der Waals surface area (Å²) >= 11 is 0. The van der Waals surface area contributed by atoms with Crippen molar-refractivity contribution in [2.24, 2.45) is 11.3 Å². The normalized spacial score (nSPS) is 46.0. The van der Waals surface area contributed by atoms with Crippen LogP contribution in [0.15, 0.2) is 12.2 Å². The number of hydrogen-bond acceptors (Lipinski definition) is 2. The second-order valence-corrected chi connectivity index (χ2v) is 5.23. The monoisotopic (exact) mass is 196 g/mol. The van der Waals surface area contributed by atoms with Gasteiger partial charge in [0.15, 0.2) is 6.29 Å². The topological polar surface area (TPSA) is 18.5 Å². The first-order chi connectivity index (χ1) is 6.48. The average Bonchev–Trinajstić information content (AvgIpc) is 2.06. The van der Waals surface area contributed by atoms with Crippen molar-refractivity contribution in [3.63, 3.8) is 0 Å². The lowest BCUT2D eigenvalue weighted by Crippen LogP contribution is -2.46. The van der Waals surface area contributed by atoms with Crippen molar-refractivity contribution in [1.29, 1.82) is 0 Å². The standard InChI is InChI=1S/C12H20O2/c1-8-10-7-12(3,4)6-5-11(10)14-9(2)13-8/h5-6,8-11H,7H2,1-4H3. The molecule has 1 aliphatic heterocycles. The van der Waals surface area contributed by atoms with E-state index in [9.17, 15) is 0 Å². The van der Waals surface area contributed by atoms with Crippen LogP contribution in [0.4, 0.5) is 0 Å². The van der Waals surface area contributed by atoms with Gasteiger partial charge >= 0.3 is 0 Å². The first-order valence-electron chi connectivity index (χ1n) is 5.48. The highest BCUT2D eigenvalue weighted by Gasteiger charge is 2.39. The maximum absolute atomic E-state index is 5.74. The zero-order valence-electron chi connectivity index (χ0n) is 9.49. The molecule has 0 radical (unpaired) electrons. The predicted octanol–water partition coefficient (Wildman–Crippen LogP) is 2.74. The maximum Gasteiger partial charge on any atom is 0.155 e. The van der Waals surface area contributed by atoms with Crippen molar-refractivity contribution < 1.29 is 9.47 Å². The minimum Gasteiger partial charge on any atom is -0.350 e. The largest absolute Gasteiger partial charge is 0.350 e. The molecule has 0 spiro atoms. The molecule has 4 unspecified atom stereocenters. The number of rotatable bonds is 0. The third kappa shape index (κ3) is 1.86. The summed E-state index contributed by atoms with van der Waals surface area (Å²) in [7, 11) is 0. The Morgan fingerprint density at radius 2 is 1.93 bits per heavy atom. The van der Waals surface area contributed by atoms with Gasteiger partial charge in [0.2, 0.25) is 0 Å². The van der Waals surface area contributed by atoms with Crippen LogP contribution in [0.25, 0.3) is 0 Å². The maximum atomic E-state index is 5.74. The summed E-state index contributed by atoms with van der Waals surface area (Å²) < 4.78 is 11.4. The number of hydrogen-bond donors (Lipinski definition) is 0. The van der Waals surface area contributed by atoms with Gasteiger partial charge in [-0.15, -0.1) is 0 Å². The molecule has 0 aromatic rings. The molecule has 1 aliphatic carbocycles. The summed E-state index contributed by atoms with van der Waals surface area (Å²) in [5.41, 5.74) is 0.294. The molecular weight excluding hydrogens is 176 g/mol. The van der Waals surface area contributed by atoms with Gasteiger partial charge in [-0.3, -0.25) is 0 Å². The molecule has 0 amide bonds. The van der Waals surface area contributed by atoms with Crippen LogP contribution >= 0.6 is 0 Å². The number of ether oxygens (including phenoxy) is 2. The van der Waals surface area contributed by atoms with Gasteiger partial charge in [0.25, 0.3) is 0 Å². The summed E-state index contributed by atoms with van der Waals surface area (Å²) in [6, 6.07) is 0. The molecular formula is C12H20O2. The van der Waals surface area contributed by atoms with Crippen molar-refractivity contribution in [2.75, 3.05) is 0 Å². The summed E-state index contributed by atoms with van der Waals surface area (Å²) in [4.78, 5) is 0. The van der Waals surface area contributed by atoms with Crippen LogP contribution in [0.1, 0.15) is 34.1 Å². The molecule has 0 bridgehead atoms. The van der Waals surface area contributed by atoms with E-state index in [0.29, 0.717) is 17.4 Å². The lowest BCUT2D eigenvalue weighted by atomic mass is 9.73. The predicted molar refractivity (Wildman–Crippen MR) is 55.9 cm³/mol. The summed E-state index contributed by atoms with van der Waals surface area (Å²) in [5, 5.41) is 0. The fourth-order valence-corrected chi connectivity index (χ4v) is 2.53. The molecule has 2 aliphatic rings. The van der Waals surface area contributed by atoms with E-state index >= 15 is 0 Å². The Bertz CT molecular complexity index is 245. The fourth-order valence-electron chi connectivity index (χ4n) is 2.53. The first-order valence-corrected chi connectivity index (χ1v) is 5.48. The molecule has 2 heteroatoms. The molecule has 1 heterocycles. The Morgan fingerprint density at radius 3 is 2.64 bits per heavy atom. The van der Waals surface area contributed by atoms with E-state index in [2.05, 4.69) is 32.9 Å². The van der Waals surface area contributed by atoms with E-state index in [-0.39, 0.29) is 12.4 Å². The Morgan fingerprint density at radius 1 is 1.21 bits per heavy atom. The van der Waals surface area contributed by atoms with Crippen molar-refractivity contribution in [3.8, 4) is 0 Å². The van der Waals surface area contributed by atoms with E-state index in [1.165, 1.54) is 0 Å². The van der Waals surface area contributed by atoms with Gasteiger partial charge in [0.05, 0.1) is 12.2 Å². The minimum atomic E-state index is -0.0582. The highest BCUT2D eigenvalue weighted by molar-refractivity contribution is 5.09. The van der Waals surface area contributed by atoms with Crippen molar-refractivity contribution in [3.05, 3.63) is 12.2 Å². The molecule has 80 valence electrons. The summed E-state index contributed by atoms with van der Waals surface area (Å²) in [5.74, 6) is 0.520. The third-order valence-corrected chi connectivity index (χ3v) is 3.28. The van der Waals surface area contributed by atoms with Crippen molar-refractivity contribution >= 4 is 0 Å². The number of fused-ring (bicyclic) bond motifs is 1. The highest BCUT2D eigenvalue weighted by Crippen LogP contribution is 2.40. The van der Waals surface area contributed by atoms with E-state index in [1.54, 1.807) is 0 Å². The number of allylic oxidation sites excluding steroid dienone is 1. The molecule has 1 fully saturated rings. The van der Waals surface area contributed by atoms with Gasteiger partial charge in [-0.05, 0) is 25.7 Å². The van der Waals surface area contributed by atoms with E-state index in [1.807, 2.05) is 6.92 Å². The summed E-state index contributed by atoms with van der Waals surface area (Å²) in [6.45, 7) is 8.67. The van der Waals surface area contributed by atoms with Gasteiger partial charge in [0.1, 0.15) is 0 Å². The molecule has 4 atom stereocenters. The molecule has 0 aromatic carbocycles. The molecule has 2 nitrogen and oxygen atoms in total. The van der Waals surface area contributed by atoms with Gasteiger partial charge in [-0.25, -0.2) is 0 Å². The summed E-state index contributed by atoms with van der Waals surface area (Å²) in [6.07, 6.45) is 6.16. The van der Waals surface area contributed by atoms with Crippen LogP contribution in [-0.2, 0) is 9.47 Å². The first kappa shape index (κ1) is 10.2. The Hall–Kier alpha value is -0.340. The second-order valence-electron chi connectivity index (χ2n) is 5.23. The molecule has 14 heavy (non-hydrogen) atoms. The zero-order valence-corrected chi connectivity index (χ0v) is 9.49. The lowest BCUT2D eigenvalue weighted by Gasteiger charge is -2.44. The molecule has 0 saturated carbocycles. The van der Waals surface area contributed by atoms with Crippen LogP contribution in [-0.4, -0.2) is 18.5 Å². The van der Waals surface area contributed by atoms with Gasteiger partial charge in [-0.2, -0.15) is 0 Å². The minimum absolute atomic E-state index is 0.0582. The van der Waals surface area contributed by atoms with Crippen LogP contribution < -0.4 is 0 Å². The molecule has 0 aromatic heterocycles. The van der Waals surface area contributed by atoms with Crippen molar-refractivity contribution in [1.82, 2.24) is 0 Å². The van der Waals surface area contributed by atoms with E-state index in [4.69, 9.17) is 9.47 Å². The van der Waals surface area contributed by atoms with Gasteiger partial charge < -0.3 is 9.47 Å². The van der Waals surface area contributed by atoms with Crippen molar-refractivity contribution in [2.45, 2.75) is 52.6 Å². The van der Waals surface area contributed by atoms with Gasteiger partial charge in [0, 0.05) is 5.92 Å². The Kier molecular flexibility index (Phi) is 2.44. The smallest absolute Gasteiger partial charge is 0.155 e. The SMILES string of the molecule is CC1OC(C)C2CC(C)(C)C=CC2O1. The van der Waals surface area contributed by atoms with Gasteiger partial charge in [-0.1, -0.05) is 26.0 Å². The van der Waals surface area contributed by atoms with Crippen LogP contribution in [0.3, 0.4) is 0 Å². The van der Waals surface area contributed by atoms with Crippen LogP contribution in [0, 0.1) is 11.3 Å². The third-order valence-electron chi connectivity index (χ3n) is 3.28. The zero-order chi connectivity index (χ0) is 10.3. The molecule has 1 saturated heterocycles. The van der Waals surface area contributed by atoms with E-state index in [0.717, 1.165) is 6.42 Å².